The Bertz CT molecular complexity index is 505. The fourth-order valence-corrected chi connectivity index (χ4v) is 1.27. The van der Waals surface area contributed by atoms with Crippen molar-refractivity contribution in [2.45, 2.75) is 6.92 Å². The molecule has 0 saturated heterocycles. The summed E-state index contributed by atoms with van der Waals surface area (Å²) in [6.45, 7) is 1.65. The molecule has 15 heavy (non-hydrogen) atoms. The highest BCUT2D eigenvalue weighted by Crippen LogP contribution is 2.20. The lowest BCUT2D eigenvalue weighted by molar-refractivity contribution is 0.0697. The maximum absolute atomic E-state index is 10.9. The smallest absolute Gasteiger partial charge is 0.336 e. The highest BCUT2D eigenvalue weighted by molar-refractivity contribution is 5.94. The van der Waals surface area contributed by atoms with Gasteiger partial charge in [-0.2, -0.15) is 4.98 Å². The molecule has 2 rings (SSSR count). The Kier molecular flexibility index (Phi) is 2.21. The van der Waals surface area contributed by atoms with E-state index in [9.17, 15) is 4.79 Å². The van der Waals surface area contributed by atoms with Crippen LogP contribution in [0.5, 0.6) is 0 Å². The molecule has 1 heterocycles. The zero-order chi connectivity index (χ0) is 10.8. The molecule has 0 aliphatic carbocycles. The summed E-state index contributed by atoms with van der Waals surface area (Å²) in [6.07, 6.45) is 0. The standard InChI is InChI=1S/C10H8N2O3/c1-6-11-9(12-15-6)7-4-2-3-5-8(7)10(13)14/h2-5H,1H3,(H,13,14). The van der Waals surface area contributed by atoms with Crippen LogP contribution in [0.2, 0.25) is 0 Å². The second-order valence-corrected chi connectivity index (χ2v) is 2.99. The van der Waals surface area contributed by atoms with Crippen molar-refractivity contribution in [2.24, 2.45) is 0 Å². The van der Waals surface area contributed by atoms with Crippen molar-refractivity contribution in [1.29, 1.82) is 0 Å². The number of aryl methyl sites for hydroxylation is 1. The molecule has 1 N–H and O–H groups in total. The number of nitrogens with zero attached hydrogens (tertiary/aromatic N) is 2. The second kappa shape index (κ2) is 3.53. The first-order chi connectivity index (χ1) is 7.18. The van der Waals surface area contributed by atoms with Gasteiger partial charge in [-0.25, -0.2) is 4.79 Å². The van der Waals surface area contributed by atoms with E-state index in [1.165, 1.54) is 6.07 Å². The first-order valence-electron chi connectivity index (χ1n) is 4.31. The van der Waals surface area contributed by atoms with Crippen LogP contribution in [-0.4, -0.2) is 21.2 Å². The molecule has 2 aromatic rings. The maximum Gasteiger partial charge on any atom is 0.336 e. The van der Waals surface area contributed by atoms with E-state index < -0.39 is 5.97 Å². The van der Waals surface area contributed by atoms with Gasteiger partial charge in [-0.3, -0.25) is 0 Å². The van der Waals surface area contributed by atoms with Crippen LogP contribution in [0.1, 0.15) is 16.2 Å². The van der Waals surface area contributed by atoms with Gasteiger partial charge in [0.05, 0.1) is 5.56 Å². The van der Waals surface area contributed by atoms with E-state index in [4.69, 9.17) is 9.63 Å². The molecule has 0 unspecified atom stereocenters. The largest absolute Gasteiger partial charge is 0.478 e. The third kappa shape index (κ3) is 1.71. The van der Waals surface area contributed by atoms with Gasteiger partial charge in [-0.1, -0.05) is 23.4 Å². The van der Waals surface area contributed by atoms with E-state index >= 15 is 0 Å². The Morgan fingerprint density at radius 2 is 2.13 bits per heavy atom. The molecule has 0 radical (unpaired) electrons. The minimum atomic E-state index is -1.01. The topological polar surface area (TPSA) is 76.2 Å². The number of benzene rings is 1. The van der Waals surface area contributed by atoms with Crippen LogP contribution >= 0.6 is 0 Å². The fourth-order valence-electron chi connectivity index (χ4n) is 1.27. The lowest BCUT2D eigenvalue weighted by Crippen LogP contribution is -1.99. The Morgan fingerprint density at radius 3 is 2.73 bits per heavy atom. The molecule has 0 aliphatic heterocycles. The van der Waals surface area contributed by atoms with E-state index in [0.717, 1.165) is 0 Å². The van der Waals surface area contributed by atoms with Crippen molar-refractivity contribution < 1.29 is 14.4 Å². The third-order valence-electron chi connectivity index (χ3n) is 1.93. The highest BCUT2D eigenvalue weighted by atomic mass is 16.5. The van der Waals surface area contributed by atoms with Gasteiger partial charge in [-0.05, 0) is 6.07 Å². The van der Waals surface area contributed by atoms with Crippen molar-refractivity contribution in [3.05, 3.63) is 35.7 Å². The number of aromatic carboxylic acids is 1. The Hall–Kier alpha value is -2.17. The van der Waals surface area contributed by atoms with Crippen molar-refractivity contribution in [2.75, 3.05) is 0 Å². The third-order valence-corrected chi connectivity index (χ3v) is 1.93. The van der Waals surface area contributed by atoms with E-state index in [2.05, 4.69) is 10.1 Å². The first kappa shape index (κ1) is 9.39. The van der Waals surface area contributed by atoms with Crippen LogP contribution in [0.3, 0.4) is 0 Å². The minimum Gasteiger partial charge on any atom is -0.478 e. The average Bonchev–Trinajstić information content (AvgIpc) is 2.65. The molecule has 1 aromatic heterocycles. The van der Waals surface area contributed by atoms with Crippen LogP contribution in [0.15, 0.2) is 28.8 Å². The Morgan fingerprint density at radius 1 is 1.40 bits per heavy atom. The summed E-state index contributed by atoms with van der Waals surface area (Å²) in [4.78, 5) is 14.9. The summed E-state index contributed by atoms with van der Waals surface area (Å²) in [5, 5.41) is 12.6. The summed E-state index contributed by atoms with van der Waals surface area (Å²) in [6, 6.07) is 6.53. The van der Waals surface area contributed by atoms with Gasteiger partial charge in [0, 0.05) is 12.5 Å². The molecule has 5 nitrogen and oxygen atoms in total. The molecular weight excluding hydrogens is 196 g/mol. The predicted molar refractivity (Wildman–Crippen MR) is 51.4 cm³/mol. The van der Waals surface area contributed by atoms with Crippen molar-refractivity contribution >= 4 is 5.97 Å². The van der Waals surface area contributed by atoms with Gasteiger partial charge in [-0.15, -0.1) is 0 Å². The number of carboxylic acid groups (broad SMARTS) is 1. The number of hydrogen-bond acceptors (Lipinski definition) is 4. The lowest BCUT2D eigenvalue weighted by atomic mass is 10.1. The molecule has 1 aromatic carbocycles. The Labute approximate surface area is 85.4 Å². The van der Waals surface area contributed by atoms with E-state index in [1.807, 2.05) is 0 Å². The molecule has 0 bridgehead atoms. The predicted octanol–water partition coefficient (Wildman–Crippen LogP) is 1.74. The summed E-state index contributed by atoms with van der Waals surface area (Å²) < 4.78 is 4.80. The second-order valence-electron chi connectivity index (χ2n) is 2.99. The number of carboxylic acids is 1. The summed E-state index contributed by atoms with van der Waals surface area (Å²) in [7, 11) is 0. The van der Waals surface area contributed by atoms with Crippen LogP contribution in [0, 0.1) is 6.92 Å². The van der Waals surface area contributed by atoms with Crippen molar-refractivity contribution in [3.8, 4) is 11.4 Å². The molecular formula is C10H8N2O3. The zero-order valence-electron chi connectivity index (χ0n) is 7.97. The van der Waals surface area contributed by atoms with Gasteiger partial charge < -0.3 is 9.63 Å². The van der Waals surface area contributed by atoms with Crippen LogP contribution < -0.4 is 0 Å². The van der Waals surface area contributed by atoms with E-state index in [0.29, 0.717) is 17.3 Å². The monoisotopic (exact) mass is 204 g/mol. The molecule has 0 amide bonds. The quantitative estimate of drug-likeness (QED) is 0.806. The zero-order valence-corrected chi connectivity index (χ0v) is 7.97. The minimum absolute atomic E-state index is 0.165. The van der Waals surface area contributed by atoms with Gasteiger partial charge in [0.15, 0.2) is 0 Å². The SMILES string of the molecule is Cc1nc(-c2ccccc2C(=O)O)no1. The Balaban J connectivity index is 2.57. The summed E-state index contributed by atoms with van der Waals surface area (Å²) in [5.74, 6) is -0.302. The summed E-state index contributed by atoms with van der Waals surface area (Å²) in [5.41, 5.74) is 0.625. The van der Waals surface area contributed by atoms with Crippen LogP contribution in [-0.2, 0) is 0 Å². The maximum atomic E-state index is 10.9. The number of hydrogen-bond donors (Lipinski definition) is 1. The van der Waals surface area contributed by atoms with Crippen LogP contribution in [0.4, 0.5) is 0 Å². The average molecular weight is 204 g/mol. The lowest BCUT2D eigenvalue weighted by Gasteiger charge is -1.99. The molecule has 5 heteroatoms. The first-order valence-corrected chi connectivity index (χ1v) is 4.31. The number of aromatic nitrogens is 2. The molecule has 0 atom stereocenters. The number of rotatable bonds is 2. The van der Waals surface area contributed by atoms with Gasteiger partial charge in [0.2, 0.25) is 11.7 Å². The van der Waals surface area contributed by atoms with Gasteiger partial charge in [0.25, 0.3) is 0 Å². The fraction of sp³-hybridized carbons (Fsp3) is 0.100. The molecule has 0 fully saturated rings. The normalized spacial score (nSPS) is 10.2. The molecule has 76 valence electrons. The van der Waals surface area contributed by atoms with Gasteiger partial charge in [0.1, 0.15) is 0 Å². The van der Waals surface area contributed by atoms with Crippen molar-refractivity contribution in [3.63, 3.8) is 0 Å². The van der Waals surface area contributed by atoms with Crippen molar-refractivity contribution in [1.82, 2.24) is 10.1 Å². The molecule has 0 aliphatic rings. The molecule has 0 spiro atoms. The number of carbonyl (C=O) groups is 1. The molecule has 0 saturated carbocycles. The van der Waals surface area contributed by atoms with E-state index in [1.54, 1.807) is 25.1 Å². The van der Waals surface area contributed by atoms with Crippen LogP contribution in [0.25, 0.3) is 11.4 Å². The van der Waals surface area contributed by atoms with Gasteiger partial charge >= 0.3 is 5.97 Å². The van der Waals surface area contributed by atoms with E-state index in [-0.39, 0.29) is 5.56 Å². The summed E-state index contributed by atoms with van der Waals surface area (Å²) >= 11 is 0. The highest BCUT2D eigenvalue weighted by Gasteiger charge is 2.14.